The smallest absolute Gasteiger partial charge is 0.410 e. The first-order valence-electron chi connectivity index (χ1n) is 10.9. The number of H-pyrrole nitrogens is 1. The second kappa shape index (κ2) is 8.68. The number of fused-ring (bicyclic) bond motifs is 3. The Labute approximate surface area is 181 Å². The molecule has 6 nitrogen and oxygen atoms in total. The number of hydrogen-bond donors (Lipinski definition) is 3. The zero-order chi connectivity index (χ0) is 21.0. The molecule has 0 unspecified atom stereocenters. The van der Waals surface area contributed by atoms with Crippen molar-refractivity contribution in [1.29, 1.82) is 0 Å². The highest BCUT2D eigenvalue weighted by Crippen LogP contribution is 2.33. The molecule has 0 aliphatic heterocycles. The van der Waals surface area contributed by atoms with Crippen LogP contribution in [0.15, 0.2) is 54.7 Å². The summed E-state index contributed by atoms with van der Waals surface area (Å²) < 4.78 is 5.39. The number of pyridine rings is 1. The first-order valence-corrected chi connectivity index (χ1v) is 10.9. The maximum Gasteiger partial charge on any atom is 0.412 e. The van der Waals surface area contributed by atoms with E-state index in [0.717, 1.165) is 42.2 Å². The first-order chi connectivity index (χ1) is 15.3. The zero-order valence-corrected chi connectivity index (χ0v) is 17.4. The monoisotopic (exact) mass is 414 g/mol. The Morgan fingerprint density at radius 2 is 1.97 bits per heavy atom. The summed E-state index contributed by atoms with van der Waals surface area (Å²) in [5.74, 6) is 0.528. The van der Waals surface area contributed by atoms with Crippen LogP contribution >= 0.6 is 0 Å². The van der Waals surface area contributed by atoms with Crippen LogP contribution in [0.4, 0.5) is 10.5 Å². The molecule has 0 spiro atoms. The second-order valence-corrected chi connectivity index (χ2v) is 7.96. The van der Waals surface area contributed by atoms with Gasteiger partial charge in [-0.2, -0.15) is 0 Å². The molecule has 1 aliphatic rings. The van der Waals surface area contributed by atoms with Gasteiger partial charge < -0.3 is 20.4 Å². The van der Waals surface area contributed by atoms with Crippen LogP contribution in [0.3, 0.4) is 0 Å². The van der Waals surface area contributed by atoms with E-state index in [4.69, 9.17) is 9.72 Å². The summed E-state index contributed by atoms with van der Waals surface area (Å²) in [4.78, 5) is 20.1. The number of aromatic nitrogens is 2. The van der Waals surface area contributed by atoms with Gasteiger partial charge in [0.1, 0.15) is 5.75 Å². The SMILES string of the molecule is O=C(NCCCNc1c2c(nc3ccccc13)CCCC2)Oc1ccc2cc[nH]c2c1. The minimum Gasteiger partial charge on any atom is -0.410 e. The van der Waals surface area contributed by atoms with E-state index in [1.165, 1.54) is 35.2 Å². The lowest BCUT2D eigenvalue weighted by Gasteiger charge is -2.21. The summed E-state index contributed by atoms with van der Waals surface area (Å²) in [6.07, 6.45) is 6.78. The quantitative estimate of drug-likeness (QED) is 0.380. The Bertz CT molecular complexity index is 1230. The third-order valence-corrected chi connectivity index (χ3v) is 5.83. The molecule has 1 aliphatic carbocycles. The topological polar surface area (TPSA) is 79.0 Å². The summed E-state index contributed by atoms with van der Waals surface area (Å²) in [5.41, 5.74) is 5.79. The Kier molecular flexibility index (Phi) is 5.44. The normalized spacial score (nSPS) is 13.2. The van der Waals surface area contributed by atoms with Gasteiger partial charge in [-0.15, -0.1) is 0 Å². The molecule has 2 aromatic carbocycles. The summed E-state index contributed by atoms with van der Waals surface area (Å²) in [7, 11) is 0. The summed E-state index contributed by atoms with van der Waals surface area (Å²) in [6, 6.07) is 15.9. The molecule has 158 valence electrons. The lowest BCUT2D eigenvalue weighted by Crippen LogP contribution is -2.28. The molecule has 0 atom stereocenters. The van der Waals surface area contributed by atoms with Gasteiger partial charge in [-0.3, -0.25) is 4.98 Å². The molecular formula is C25H26N4O2. The van der Waals surface area contributed by atoms with Crippen molar-refractivity contribution in [3.8, 4) is 5.75 Å². The van der Waals surface area contributed by atoms with Gasteiger partial charge >= 0.3 is 6.09 Å². The summed E-state index contributed by atoms with van der Waals surface area (Å²) >= 11 is 0. The number of nitrogens with one attached hydrogen (secondary N) is 3. The molecule has 31 heavy (non-hydrogen) atoms. The Morgan fingerprint density at radius 3 is 2.94 bits per heavy atom. The van der Waals surface area contributed by atoms with Crippen LogP contribution in [0.25, 0.3) is 21.8 Å². The number of benzene rings is 2. The number of aromatic amines is 1. The van der Waals surface area contributed by atoms with E-state index in [1.807, 2.05) is 30.5 Å². The number of rotatable bonds is 6. The van der Waals surface area contributed by atoms with Crippen molar-refractivity contribution in [2.24, 2.45) is 0 Å². The van der Waals surface area contributed by atoms with Crippen LogP contribution in [0, 0.1) is 0 Å². The Hall–Kier alpha value is -3.54. The van der Waals surface area contributed by atoms with E-state index in [0.29, 0.717) is 12.3 Å². The van der Waals surface area contributed by atoms with E-state index in [9.17, 15) is 4.79 Å². The standard InChI is InChI=1S/C25H26N4O2/c30-25(31-18-11-10-17-12-15-26-23(17)16-18)28-14-5-13-27-24-19-6-1-3-8-21(19)29-22-9-4-2-7-20(22)24/h1,3,6,8,10-12,15-16,26H,2,4-5,7,9,13-14H2,(H,27,29)(H,28,30). The molecule has 2 heterocycles. The molecule has 0 radical (unpaired) electrons. The van der Waals surface area contributed by atoms with Crippen molar-refractivity contribution in [3.05, 3.63) is 66.0 Å². The molecule has 5 rings (SSSR count). The van der Waals surface area contributed by atoms with Crippen LogP contribution in [0.2, 0.25) is 0 Å². The number of amides is 1. The fraction of sp³-hybridized carbons (Fsp3) is 0.280. The Balaban J connectivity index is 1.16. The van der Waals surface area contributed by atoms with Crippen molar-refractivity contribution in [2.45, 2.75) is 32.1 Å². The maximum atomic E-state index is 12.1. The largest absolute Gasteiger partial charge is 0.412 e. The molecule has 0 saturated heterocycles. The fourth-order valence-corrected chi connectivity index (χ4v) is 4.30. The van der Waals surface area contributed by atoms with Gasteiger partial charge in [0.15, 0.2) is 0 Å². The summed E-state index contributed by atoms with van der Waals surface area (Å²) in [6.45, 7) is 1.32. The average molecular weight is 415 g/mol. The molecular weight excluding hydrogens is 388 g/mol. The number of carbonyl (C=O) groups excluding carboxylic acids is 1. The lowest BCUT2D eigenvalue weighted by atomic mass is 9.92. The Morgan fingerprint density at radius 1 is 1.06 bits per heavy atom. The molecule has 0 bridgehead atoms. The highest BCUT2D eigenvalue weighted by molar-refractivity contribution is 5.93. The number of ether oxygens (including phenoxy) is 1. The molecule has 2 aromatic heterocycles. The van der Waals surface area contributed by atoms with Crippen molar-refractivity contribution in [3.63, 3.8) is 0 Å². The van der Waals surface area contributed by atoms with Gasteiger partial charge in [0, 0.05) is 47.6 Å². The van der Waals surface area contributed by atoms with Gasteiger partial charge in [0.05, 0.1) is 5.52 Å². The second-order valence-electron chi connectivity index (χ2n) is 7.96. The van der Waals surface area contributed by atoms with Crippen molar-refractivity contribution in [1.82, 2.24) is 15.3 Å². The fourth-order valence-electron chi connectivity index (χ4n) is 4.30. The number of hydrogen-bond acceptors (Lipinski definition) is 4. The van der Waals surface area contributed by atoms with Gasteiger partial charge in [0.25, 0.3) is 0 Å². The number of carbonyl (C=O) groups is 1. The highest BCUT2D eigenvalue weighted by atomic mass is 16.6. The number of anilines is 1. The van der Waals surface area contributed by atoms with Gasteiger partial charge in [-0.1, -0.05) is 18.2 Å². The van der Waals surface area contributed by atoms with E-state index in [1.54, 1.807) is 6.07 Å². The van der Waals surface area contributed by atoms with Crippen molar-refractivity contribution in [2.75, 3.05) is 18.4 Å². The van der Waals surface area contributed by atoms with E-state index in [2.05, 4.69) is 33.8 Å². The van der Waals surface area contributed by atoms with E-state index < -0.39 is 6.09 Å². The number of aryl methyl sites for hydroxylation is 1. The highest BCUT2D eigenvalue weighted by Gasteiger charge is 2.17. The van der Waals surface area contributed by atoms with Crippen LogP contribution < -0.4 is 15.4 Å². The first kappa shape index (κ1) is 19.4. The van der Waals surface area contributed by atoms with Crippen molar-refractivity contribution < 1.29 is 9.53 Å². The van der Waals surface area contributed by atoms with Crippen LogP contribution in [0.1, 0.15) is 30.5 Å². The molecule has 1 amide bonds. The minimum absolute atomic E-state index is 0.433. The van der Waals surface area contributed by atoms with Crippen LogP contribution in [-0.2, 0) is 12.8 Å². The van der Waals surface area contributed by atoms with Gasteiger partial charge in [-0.25, -0.2) is 4.79 Å². The molecule has 6 heteroatoms. The predicted octanol–water partition coefficient (Wildman–Crippen LogP) is 5.19. The molecule has 4 aromatic rings. The van der Waals surface area contributed by atoms with Crippen LogP contribution in [-0.4, -0.2) is 29.2 Å². The summed E-state index contributed by atoms with van der Waals surface area (Å²) in [5, 5.41) is 8.72. The zero-order valence-electron chi connectivity index (χ0n) is 17.4. The maximum absolute atomic E-state index is 12.1. The predicted molar refractivity (Wildman–Crippen MR) is 124 cm³/mol. The number of para-hydroxylation sites is 1. The minimum atomic E-state index is -0.433. The molecule has 0 fully saturated rings. The van der Waals surface area contributed by atoms with Crippen molar-refractivity contribution >= 4 is 33.6 Å². The lowest BCUT2D eigenvalue weighted by molar-refractivity contribution is 0.200. The van der Waals surface area contributed by atoms with Crippen LogP contribution in [0.5, 0.6) is 5.75 Å². The molecule has 3 N–H and O–H groups in total. The third kappa shape index (κ3) is 4.19. The molecule has 0 saturated carbocycles. The van der Waals surface area contributed by atoms with E-state index in [-0.39, 0.29) is 0 Å². The number of nitrogens with zero attached hydrogens (tertiary/aromatic N) is 1. The van der Waals surface area contributed by atoms with Gasteiger partial charge in [-0.05, 0) is 67.3 Å². The third-order valence-electron chi connectivity index (χ3n) is 5.83. The van der Waals surface area contributed by atoms with E-state index >= 15 is 0 Å². The van der Waals surface area contributed by atoms with Gasteiger partial charge in [0.2, 0.25) is 0 Å². The average Bonchev–Trinajstić information content (AvgIpc) is 3.26.